The molecule has 3 aliphatic rings. The van der Waals surface area contributed by atoms with Gasteiger partial charge in [-0.1, -0.05) is 0 Å². The third-order valence-electron chi connectivity index (χ3n) is 3.98. The number of hydrogen-bond donors (Lipinski definition) is 0. The Labute approximate surface area is 107 Å². The summed E-state index contributed by atoms with van der Waals surface area (Å²) in [4.78, 5) is 14.2. The molecule has 0 aromatic heterocycles. The van der Waals surface area contributed by atoms with Crippen molar-refractivity contribution >= 4 is 6.09 Å². The fourth-order valence-electron chi connectivity index (χ4n) is 3.12. The minimum absolute atomic E-state index is 0.175. The maximum atomic E-state index is 12.3. The third kappa shape index (κ3) is 1.89. The van der Waals surface area contributed by atoms with Crippen LogP contribution in [0.1, 0.15) is 33.6 Å². The van der Waals surface area contributed by atoms with Crippen LogP contribution in [0.4, 0.5) is 4.79 Å². The average molecular weight is 255 g/mol. The average Bonchev–Trinajstić information content (AvgIpc) is 2.99. The molecular weight excluding hydrogens is 234 g/mol. The number of carbonyl (C=O) groups excluding carboxylic acids is 1. The number of likely N-dealkylation sites (tertiary alicyclic amines) is 1. The maximum Gasteiger partial charge on any atom is 0.410 e. The standard InChI is InChI=1S/C13H21NO4/c1-12(2,3)18-11(15)14-8-9-10(17-9)13(14)4-6-16-7-5-13/h9-10H,4-8H2,1-3H3. The molecule has 18 heavy (non-hydrogen) atoms. The Hall–Kier alpha value is -0.810. The van der Waals surface area contributed by atoms with E-state index >= 15 is 0 Å². The van der Waals surface area contributed by atoms with Gasteiger partial charge in [0.15, 0.2) is 0 Å². The molecule has 0 aromatic carbocycles. The van der Waals surface area contributed by atoms with Crippen molar-refractivity contribution in [3.05, 3.63) is 0 Å². The minimum Gasteiger partial charge on any atom is -0.444 e. The zero-order chi connectivity index (χ0) is 13.0. The van der Waals surface area contributed by atoms with E-state index in [4.69, 9.17) is 14.2 Å². The number of nitrogens with zero attached hydrogens (tertiary/aromatic N) is 1. The van der Waals surface area contributed by atoms with E-state index in [1.54, 1.807) is 0 Å². The number of ether oxygens (including phenoxy) is 3. The molecule has 5 heteroatoms. The van der Waals surface area contributed by atoms with E-state index in [0.717, 1.165) is 12.8 Å². The Morgan fingerprint density at radius 1 is 1.33 bits per heavy atom. The fourth-order valence-corrected chi connectivity index (χ4v) is 3.12. The highest BCUT2D eigenvalue weighted by Gasteiger charge is 2.66. The Morgan fingerprint density at radius 3 is 2.61 bits per heavy atom. The normalized spacial score (nSPS) is 33.4. The van der Waals surface area contributed by atoms with Crippen LogP contribution >= 0.6 is 0 Å². The predicted molar refractivity (Wildman–Crippen MR) is 64.4 cm³/mol. The van der Waals surface area contributed by atoms with Crippen LogP contribution in [0.3, 0.4) is 0 Å². The van der Waals surface area contributed by atoms with Crippen molar-refractivity contribution in [2.24, 2.45) is 0 Å². The Balaban J connectivity index is 1.77. The van der Waals surface area contributed by atoms with Crippen molar-refractivity contribution in [2.45, 2.75) is 57.0 Å². The summed E-state index contributed by atoms with van der Waals surface area (Å²) in [6.07, 6.45) is 1.92. The molecule has 1 spiro atoms. The van der Waals surface area contributed by atoms with Crippen molar-refractivity contribution in [1.82, 2.24) is 4.90 Å². The molecule has 0 saturated carbocycles. The van der Waals surface area contributed by atoms with E-state index in [1.807, 2.05) is 25.7 Å². The second-order valence-corrected chi connectivity index (χ2v) is 6.40. The van der Waals surface area contributed by atoms with Gasteiger partial charge in [0.2, 0.25) is 0 Å². The van der Waals surface area contributed by atoms with E-state index in [0.29, 0.717) is 19.8 Å². The second-order valence-electron chi connectivity index (χ2n) is 6.40. The van der Waals surface area contributed by atoms with Crippen molar-refractivity contribution in [3.8, 4) is 0 Å². The maximum absolute atomic E-state index is 12.3. The van der Waals surface area contributed by atoms with Crippen LogP contribution < -0.4 is 0 Å². The summed E-state index contributed by atoms with van der Waals surface area (Å²) in [5.74, 6) is 0. The number of carbonyl (C=O) groups is 1. The lowest BCUT2D eigenvalue weighted by atomic mass is 9.87. The summed E-state index contributed by atoms with van der Waals surface area (Å²) in [6, 6.07) is 0. The monoisotopic (exact) mass is 255 g/mol. The lowest BCUT2D eigenvalue weighted by Gasteiger charge is -2.42. The highest BCUT2D eigenvalue weighted by molar-refractivity contribution is 5.70. The first-order valence-corrected chi connectivity index (χ1v) is 6.66. The van der Waals surface area contributed by atoms with Crippen molar-refractivity contribution in [1.29, 1.82) is 0 Å². The van der Waals surface area contributed by atoms with Gasteiger partial charge in [-0.2, -0.15) is 0 Å². The van der Waals surface area contributed by atoms with Crippen molar-refractivity contribution < 1.29 is 19.0 Å². The smallest absolute Gasteiger partial charge is 0.410 e. The van der Waals surface area contributed by atoms with E-state index in [9.17, 15) is 4.79 Å². The van der Waals surface area contributed by atoms with Crippen LogP contribution in [0.2, 0.25) is 0 Å². The van der Waals surface area contributed by atoms with Gasteiger partial charge in [0, 0.05) is 13.2 Å². The highest BCUT2D eigenvalue weighted by atomic mass is 16.6. The number of hydrogen-bond acceptors (Lipinski definition) is 4. The lowest BCUT2D eigenvalue weighted by molar-refractivity contribution is -0.0528. The summed E-state index contributed by atoms with van der Waals surface area (Å²) in [5.41, 5.74) is -0.623. The van der Waals surface area contributed by atoms with Crippen LogP contribution in [-0.2, 0) is 14.2 Å². The molecule has 3 fully saturated rings. The van der Waals surface area contributed by atoms with E-state index in [-0.39, 0.29) is 23.8 Å². The third-order valence-corrected chi connectivity index (χ3v) is 3.98. The Bertz CT molecular complexity index is 356. The van der Waals surface area contributed by atoms with Crippen LogP contribution in [0, 0.1) is 0 Å². The number of amides is 1. The van der Waals surface area contributed by atoms with Gasteiger partial charge >= 0.3 is 6.09 Å². The lowest BCUT2D eigenvalue weighted by Crippen LogP contribution is -2.56. The zero-order valence-electron chi connectivity index (χ0n) is 11.3. The Morgan fingerprint density at radius 2 is 2.00 bits per heavy atom. The summed E-state index contributed by atoms with van der Waals surface area (Å²) < 4.78 is 16.6. The highest BCUT2D eigenvalue weighted by Crippen LogP contribution is 2.49. The molecule has 0 aromatic rings. The van der Waals surface area contributed by atoms with Gasteiger partial charge in [0.05, 0.1) is 12.1 Å². The molecule has 0 radical (unpaired) electrons. The van der Waals surface area contributed by atoms with Crippen LogP contribution in [0.25, 0.3) is 0 Å². The SMILES string of the molecule is CC(C)(C)OC(=O)N1CC2OC2C12CCOCC2. The van der Waals surface area contributed by atoms with Gasteiger partial charge < -0.3 is 14.2 Å². The van der Waals surface area contributed by atoms with Crippen molar-refractivity contribution in [2.75, 3.05) is 19.8 Å². The molecule has 102 valence electrons. The van der Waals surface area contributed by atoms with Gasteiger partial charge in [-0.3, -0.25) is 4.90 Å². The molecule has 3 heterocycles. The summed E-state index contributed by atoms with van der Waals surface area (Å²) in [5, 5.41) is 0. The predicted octanol–water partition coefficient (Wildman–Crippen LogP) is 1.55. The molecule has 3 saturated heterocycles. The fraction of sp³-hybridized carbons (Fsp3) is 0.923. The quantitative estimate of drug-likeness (QED) is 0.616. The van der Waals surface area contributed by atoms with E-state index in [1.165, 1.54) is 0 Å². The molecule has 2 atom stereocenters. The largest absolute Gasteiger partial charge is 0.444 e. The number of epoxide rings is 1. The molecular formula is C13H21NO4. The minimum atomic E-state index is -0.447. The van der Waals surface area contributed by atoms with Gasteiger partial charge in [-0.15, -0.1) is 0 Å². The van der Waals surface area contributed by atoms with Crippen LogP contribution in [0.5, 0.6) is 0 Å². The zero-order valence-corrected chi connectivity index (χ0v) is 11.3. The molecule has 2 unspecified atom stereocenters. The summed E-state index contributed by atoms with van der Waals surface area (Å²) >= 11 is 0. The topological polar surface area (TPSA) is 51.3 Å². The van der Waals surface area contributed by atoms with E-state index < -0.39 is 5.60 Å². The van der Waals surface area contributed by atoms with Gasteiger partial charge in [0.1, 0.15) is 17.8 Å². The molecule has 3 rings (SSSR count). The van der Waals surface area contributed by atoms with E-state index in [2.05, 4.69) is 0 Å². The molecule has 5 nitrogen and oxygen atoms in total. The van der Waals surface area contributed by atoms with Crippen LogP contribution in [-0.4, -0.2) is 54.1 Å². The second kappa shape index (κ2) is 3.84. The molecule has 0 aliphatic carbocycles. The molecule has 3 aliphatic heterocycles. The number of rotatable bonds is 0. The van der Waals surface area contributed by atoms with Crippen LogP contribution in [0.15, 0.2) is 0 Å². The molecule has 0 N–H and O–H groups in total. The first kappa shape index (κ1) is 12.2. The van der Waals surface area contributed by atoms with Gasteiger partial charge in [-0.05, 0) is 33.6 Å². The molecule has 0 bridgehead atoms. The summed E-state index contributed by atoms with van der Waals surface area (Å²) in [6.45, 7) is 7.76. The van der Waals surface area contributed by atoms with Gasteiger partial charge in [0.25, 0.3) is 0 Å². The Kier molecular flexibility index (Phi) is 2.61. The first-order valence-electron chi connectivity index (χ1n) is 6.66. The number of morpholine rings is 1. The number of fused-ring (bicyclic) bond motifs is 2. The summed E-state index contributed by atoms with van der Waals surface area (Å²) in [7, 11) is 0. The van der Waals surface area contributed by atoms with Crippen molar-refractivity contribution in [3.63, 3.8) is 0 Å². The molecule has 1 amide bonds. The van der Waals surface area contributed by atoms with Gasteiger partial charge in [-0.25, -0.2) is 4.79 Å². The first-order chi connectivity index (χ1) is 8.42.